The number of aliphatic hydroxyl groups excluding tert-OH is 1. The number of benzene rings is 2. The predicted octanol–water partition coefficient (Wildman–Crippen LogP) is 2.86. The molecule has 8 nitrogen and oxygen atoms in total. The molecule has 0 saturated carbocycles. The van der Waals surface area contributed by atoms with Crippen molar-refractivity contribution in [2.45, 2.75) is 13.5 Å². The zero-order valence-electron chi connectivity index (χ0n) is 15.0. The van der Waals surface area contributed by atoms with E-state index in [1.165, 1.54) is 29.8 Å². The highest BCUT2D eigenvalue weighted by Crippen LogP contribution is 2.22. The lowest BCUT2D eigenvalue weighted by Gasteiger charge is -2.10. The highest BCUT2D eigenvalue weighted by Gasteiger charge is 2.17. The number of carbonyl (C=O) groups excluding carboxylic acids is 3. The van der Waals surface area contributed by atoms with E-state index in [1.54, 1.807) is 36.4 Å². The van der Waals surface area contributed by atoms with Gasteiger partial charge in [-0.2, -0.15) is 0 Å². The second kappa shape index (κ2) is 8.36. The smallest absolute Gasteiger partial charge is 0.421 e. The Morgan fingerprint density at radius 1 is 1.00 bits per heavy atom. The van der Waals surface area contributed by atoms with Gasteiger partial charge in [-0.1, -0.05) is 30.3 Å². The standard InChI is InChI=1S/C20H17NO7/c1-13(23)28-18-9-5-3-7-16(18)19(24)26-12-27-20(25)21-10-14(11-22)15-6-2-4-8-17(15)21/h2-10,22H,11-12H2,1H3. The summed E-state index contributed by atoms with van der Waals surface area (Å²) in [6.07, 6.45) is 0.696. The molecule has 0 aliphatic heterocycles. The molecule has 0 saturated heterocycles. The van der Waals surface area contributed by atoms with Gasteiger partial charge in [0.05, 0.1) is 12.1 Å². The SMILES string of the molecule is CC(=O)Oc1ccccc1C(=O)OCOC(=O)n1cc(CO)c2ccccc21. The zero-order valence-corrected chi connectivity index (χ0v) is 15.0. The summed E-state index contributed by atoms with van der Waals surface area (Å²) in [4.78, 5) is 35.6. The van der Waals surface area contributed by atoms with Crippen molar-refractivity contribution in [3.63, 3.8) is 0 Å². The number of nitrogens with zero attached hydrogens (tertiary/aromatic N) is 1. The van der Waals surface area contributed by atoms with Crippen molar-refractivity contribution in [2.75, 3.05) is 6.79 Å². The van der Waals surface area contributed by atoms with Crippen molar-refractivity contribution in [2.24, 2.45) is 0 Å². The van der Waals surface area contributed by atoms with Crippen LogP contribution in [0.5, 0.6) is 5.75 Å². The lowest BCUT2D eigenvalue weighted by atomic mass is 10.2. The van der Waals surface area contributed by atoms with E-state index in [0.717, 1.165) is 0 Å². The Labute approximate surface area is 159 Å². The van der Waals surface area contributed by atoms with Gasteiger partial charge in [-0.05, 0) is 18.2 Å². The molecule has 2 aromatic carbocycles. The second-order valence-electron chi connectivity index (χ2n) is 5.75. The number of ether oxygens (including phenoxy) is 3. The minimum absolute atomic E-state index is 0.0303. The van der Waals surface area contributed by atoms with E-state index in [2.05, 4.69) is 0 Å². The number of hydrogen-bond acceptors (Lipinski definition) is 7. The topological polar surface area (TPSA) is 104 Å². The highest BCUT2D eigenvalue weighted by atomic mass is 16.7. The van der Waals surface area contributed by atoms with Crippen molar-refractivity contribution in [3.05, 3.63) is 65.9 Å². The zero-order chi connectivity index (χ0) is 20.1. The van der Waals surface area contributed by atoms with Crippen LogP contribution in [-0.4, -0.2) is 34.5 Å². The maximum atomic E-state index is 12.3. The van der Waals surface area contributed by atoms with E-state index < -0.39 is 24.8 Å². The highest BCUT2D eigenvalue weighted by molar-refractivity contribution is 5.94. The monoisotopic (exact) mass is 383 g/mol. The summed E-state index contributed by atoms with van der Waals surface area (Å²) < 4.78 is 16.1. The first-order valence-electron chi connectivity index (χ1n) is 8.32. The molecule has 0 amide bonds. The van der Waals surface area contributed by atoms with E-state index in [-0.39, 0.29) is 17.9 Å². The molecule has 0 fully saturated rings. The first-order chi connectivity index (χ1) is 13.5. The molecule has 1 N–H and O–H groups in total. The average Bonchev–Trinajstić information content (AvgIpc) is 3.07. The molecular formula is C20H17NO7. The fourth-order valence-electron chi connectivity index (χ4n) is 2.69. The molecule has 0 radical (unpaired) electrons. The molecule has 0 bridgehead atoms. The average molecular weight is 383 g/mol. The van der Waals surface area contributed by atoms with E-state index in [4.69, 9.17) is 14.2 Å². The van der Waals surface area contributed by atoms with E-state index >= 15 is 0 Å². The minimum atomic E-state index is -0.807. The maximum absolute atomic E-state index is 12.3. The van der Waals surface area contributed by atoms with Crippen LogP contribution < -0.4 is 4.74 Å². The molecule has 1 heterocycles. The first kappa shape index (κ1) is 19.1. The van der Waals surface area contributed by atoms with Crippen LogP contribution >= 0.6 is 0 Å². The summed E-state index contributed by atoms with van der Waals surface area (Å²) in [7, 11) is 0. The molecule has 144 valence electrons. The number of esters is 2. The third kappa shape index (κ3) is 4.02. The first-order valence-corrected chi connectivity index (χ1v) is 8.32. The Hall–Kier alpha value is -3.65. The van der Waals surface area contributed by atoms with E-state index in [1.807, 2.05) is 0 Å². The van der Waals surface area contributed by atoms with Gasteiger partial charge in [0.25, 0.3) is 0 Å². The lowest BCUT2D eigenvalue weighted by molar-refractivity contribution is -0.131. The normalized spacial score (nSPS) is 10.5. The summed E-state index contributed by atoms with van der Waals surface area (Å²) in [5, 5.41) is 10.1. The molecule has 0 aliphatic carbocycles. The van der Waals surface area contributed by atoms with Gasteiger partial charge in [0.15, 0.2) is 0 Å². The van der Waals surface area contributed by atoms with E-state index in [0.29, 0.717) is 16.5 Å². The van der Waals surface area contributed by atoms with Crippen molar-refractivity contribution in [1.82, 2.24) is 4.57 Å². The molecule has 3 rings (SSSR count). The number of para-hydroxylation sites is 2. The molecule has 3 aromatic rings. The maximum Gasteiger partial charge on any atom is 0.421 e. The quantitative estimate of drug-likeness (QED) is 0.410. The molecule has 1 aromatic heterocycles. The fourth-order valence-corrected chi connectivity index (χ4v) is 2.69. The van der Waals surface area contributed by atoms with Gasteiger partial charge >= 0.3 is 18.0 Å². The third-order valence-corrected chi connectivity index (χ3v) is 3.89. The Morgan fingerprint density at radius 2 is 1.71 bits per heavy atom. The second-order valence-corrected chi connectivity index (χ2v) is 5.75. The molecule has 28 heavy (non-hydrogen) atoms. The summed E-state index contributed by atoms with van der Waals surface area (Å²) in [6.45, 7) is 0.349. The minimum Gasteiger partial charge on any atom is -0.426 e. The van der Waals surface area contributed by atoms with E-state index in [9.17, 15) is 19.5 Å². The Morgan fingerprint density at radius 3 is 2.46 bits per heavy atom. The molecule has 0 spiro atoms. The predicted molar refractivity (Wildman–Crippen MR) is 97.8 cm³/mol. The molecule has 8 heteroatoms. The van der Waals surface area contributed by atoms with Gasteiger partial charge in [-0.3, -0.25) is 9.36 Å². The van der Waals surface area contributed by atoms with Crippen LogP contribution in [0.25, 0.3) is 10.9 Å². The van der Waals surface area contributed by atoms with Crippen LogP contribution in [0.4, 0.5) is 4.79 Å². The largest absolute Gasteiger partial charge is 0.426 e. The van der Waals surface area contributed by atoms with Crippen molar-refractivity contribution in [1.29, 1.82) is 0 Å². The summed E-state index contributed by atoms with van der Waals surface area (Å²) in [6, 6.07) is 13.1. The Kier molecular flexibility index (Phi) is 5.71. The Bertz CT molecular complexity index is 1040. The molecule has 0 aliphatic rings. The van der Waals surface area contributed by atoms with Gasteiger partial charge in [0.1, 0.15) is 11.3 Å². The number of aliphatic hydroxyl groups is 1. The van der Waals surface area contributed by atoms with Crippen LogP contribution in [0.2, 0.25) is 0 Å². The van der Waals surface area contributed by atoms with Gasteiger partial charge < -0.3 is 19.3 Å². The fraction of sp³-hybridized carbons (Fsp3) is 0.150. The summed E-state index contributed by atoms with van der Waals surface area (Å²) in [5.41, 5.74) is 1.16. The lowest BCUT2D eigenvalue weighted by Crippen LogP contribution is -2.17. The number of fused-ring (bicyclic) bond motifs is 1. The molecular weight excluding hydrogens is 366 g/mol. The van der Waals surface area contributed by atoms with Crippen LogP contribution in [0.15, 0.2) is 54.7 Å². The number of aromatic nitrogens is 1. The van der Waals surface area contributed by atoms with Crippen LogP contribution in [0.1, 0.15) is 22.8 Å². The van der Waals surface area contributed by atoms with Crippen LogP contribution in [0.3, 0.4) is 0 Å². The summed E-state index contributed by atoms with van der Waals surface area (Å²) >= 11 is 0. The Balaban J connectivity index is 1.67. The third-order valence-electron chi connectivity index (χ3n) is 3.89. The van der Waals surface area contributed by atoms with Gasteiger partial charge in [0, 0.05) is 24.1 Å². The number of rotatable bonds is 5. The van der Waals surface area contributed by atoms with Crippen molar-refractivity contribution in [3.8, 4) is 5.75 Å². The van der Waals surface area contributed by atoms with Gasteiger partial charge in [-0.15, -0.1) is 0 Å². The van der Waals surface area contributed by atoms with Crippen molar-refractivity contribution < 1.29 is 33.7 Å². The van der Waals surface area contributed by atoms with Crippen molar-refractivity contribution >= 4 is 28.9 Å². The molecule has 0 atom stereocenters. The van der Waals surface area contributed by atoms with Gasteiger partial charge in [0.2, 0.25) is 6.79 Å². The molecule has 0 unspecified atom stereocenters. The van der Waals surface area contributed by atoms with Gasteiger partial charge in [-0.25, -0.2) is 9.59 Å². The number of hydrogen-bond donors (Lipinski definition) is 1. The van der Waals surface area contributed by atoms with Crippen LogP contribution in [0, 0.1) is 0 Å². The number of carbonyl (C=O) groups is 3. The van der Waals surface area contributed by atoms with Crippen LogP contribution in [-0.2, 0) is 20.9 Å². The summed E-state index contributed by atoms with van der Waals surface area (Å²) in [5.74, 6) is -1.33.